The molecule has 1 aromatic carbocycles. The number of aromatic nitrogens is 1. The maximum atomic E-state index is 14.1. The van der Waals surface area contributed by atoms with Gasteiger partial charge in [-0.15, -0.1) is 0 Å². The molecule has 0 radical (unpaired) electrons. The van der Waals surface area contributed by atoms with Crippen molar-refractivity contribution >= 4 is 38.5 Å². The fraction of sp³-hybridized carbons (Fsp3) is 0.600. The summed E-state index contributed by atoms with van der Waals surface area (Å²) in [6.45, 7) is 8.42. The molecule has 11 nitrogen and oxygen atoms in total. The van der Waals surface area contributed by atoms with Crippen molar-refractivity contribution in [1.82, 2.24) is 19.9 Å². The minimum Gasteiger partial charge on any atom is -0.492 e. The molecule has 0 unspecified atom stereocenters. The van der Waals surface area contributed by atoms with Crippen molar-refractivity contribution in [1.29, 1.82) is 0 Å². The zero-order chi connectivity index (χ0) is 33.6. The van der Waals surface area contributed by atoms with E-state index < -0.39 is 44.3 Å². The summed E-state index contributed by atoms with van der Waals surface area (Å²) in [4.78, 5) is 47.7. The van der Waals surface area contributed by atoms with Gasteiger partial charge in [-0.25, -0.2) is 13.4 Å². The fourth-order valence-electron chi connectivity index (χ4n) is 7.08. The molecule has 2 N–H and O–H groups in total. The molecule has 2 saturated carbocycles. The third-order valence-electron chi connectivity index (χ3n) is 10.3. The second-order valence-electron chi connectivity index (χ2n) is 14.3. The molecule has 4 aliphatic rings. The molecule has 2 aliphatic carbocycles. The number of fused-ring (bicyclic) bond motifs is 3. The molecule has 47 heavy (non-hydrogen) atoms. The van der Waals surface area contributed by atoms with E-state index in [1.54, 1.807) is 18.0 Å². The van der Waals surface area contributed by atoms with Gasteiger partial charge in [-0.05, 0) is 70.3 Å². The summed E-state index contributed by atoms with van der Waals surface area (Å²) in [5, 5.41) is 4.54. The van der Waals surface area contributed by atoms with Gasteiger partial charge in [0.15, 0.2) is 0 Å². The first kappa shape index (κ1) is 33.2. The van der Waals surface area contributed by atoms with Crippen molar-refractivity contribution < 1.29 is 32.3 Å². The Kier molecular flexibility index (Phi) is 9.01. The van der Waals surface area contributed by atoms with Crippen LogP contribution in [0, 0.1) is 17.8 Å². The summed E-state index contributed by atoms with van der Waals surface area (Å²) < 4.78 is 39.5. The second-order valence-corrected chi connectivity index (χ2v) is 16.5. The molecule has 3 heterocycles. The minimum absolute atomic E-state index is 0.117. The number of sulfonamides is 1. The summed E-state index contributed by atoms with van der Waals surface area (Å²) in [5.74, 6) is -0.205. The molecule has 6 atom stereocenters. The van der Waals surface area contributed by atoms with Crippen LogP contribution in [0.1, 0.15) is 79.1 Å². The number of hydrogen-bond acceptors (Lipinski definition) is 8. The Hall–Kier alpha value is -3.67. The Labute approximate surface area is 276 Å². The molecule has 12 heteroatoms. The van der Waals surface area contributed by atoms with E-state index in [0.717, 1.165) is 30.0 Å². The van der Waals surface area contributed by atoms with Crippen LogP contribution in [0.5, 0.6) is 11.6 Å². The van der Waals surface area contributed by atoms with E-state index in [0.29, 0.717) is 37.0 Å². The number of carbonyl (C=O) groups excluding carboxylic acids is 3. The van der Waals surface area contributed by atoms with Gasteiger partial charge in [-0.1, -0.05) is 44.2 Å². The van der Waals surface area contributed by atoms with Crippen LogP contribution < -0.4 is 19.5 Å². The minimum atomic E-state index is -3.91. The van der Waals surface area contributed by atoms with Crippen LogP contribution in [-0.2, 0) is 24.4 Å². The Morgan fingerprint density at radius 1 is 1.13 bits per heavy atom. The number of benzene rings is 1. The number of nitrogens with one attached hydrogen (secondary N) is 2. The molecule has 2 aromatic rings. The standard InChI is InChI=1S/C35H46N4O7S/c1-5-45-29-20-36-32(27-13-9-8-12-26(27)29)46-25-18-28-31(41)37-35(33(42)38-47(43,44)34(4)14-15-34)19-24(35)11-7-6-10-22(2)16-23(3)17-30(40)39(28)21-25/h7-9,11-13,20,22-25,28H,5-6,10,14-19,21H2,1-4H3,(H,37,41)(H,38,42)/b11-7-/t22-,23-,24-,25-,28+,35-/m1/s1. The summed E-state index contributed by atoms with van der Waals surface area (Å²) in [6, 6.07) is 6.73. The van der Waals surface area contributed by atoms with Crippen molar-refractivity contribution in [3.05, 3.63) is 42.6 Å². The highest BCUT2D eigenvalue weighted by Crippen LogP contribution is 2.47. The van der Waals surface area contributed by atoms with Gasteiger partial charge in [-0.2, -0.15) is 0 Å². The lowest BCUT2D eigenvalue weighted by Gasteiger charge is -2.28. The highest BCUT2D eigenvalue weighted by Gasteiger charge is 2.63. The maximum Gasteiger partial charge on any atom is 0.259 e. The van der Waals surface area contributed by atoms with Crippen molar-refractivity contribution in [3.63, 3.8) is 0 Å². The molecular formula is C35H46N4O7S. The molecule has 0 spiro atoms. The molecule has 0 bridgehead atoms. The number of amides is 3. The fourth-order valence-corrected chi connectivity index (χ4v) is 8.39. The Morgan fingerprint density at radius 2 is 1.87 bits per heavy atom. The first-order valence-electron chi connectivity index (χ1n) is 16.9. The first-order valence-corrected chi connectivity index (χ1v) is 18.4. The molecule has 1 aromatic heterocycles. The average Bonchev–Trinajstić information content (AvgIpc) is 3.90. The van der Waals surface area contributed by atoms with Crippen molar-refractivity contribution in [2.24, 2.45) is 17.8 Å². The summed E-state index contributed by atoms with van der Waals surface area (Å²) >= 11 is 0. The number of pyridine rings is 1. The number of hydrogen-bond donors (Lipinski definition) is 2. The number of rotatable bonds is 7. The van der Waals surface area contributed by atoms with E-state index >= 15 is 0 Å². The van der Waals surface area contributed by atoms with Crippen LogP contribution in [0.3, 0.4) is 0 Å². The summed E-state index contributed by atoms with van der Waals surface area (Å²) in [7, 11) is -3.91. The van der Waals surface area contributed by atoms with E-state index in [1.807, 2.05) is 43.3 Å². The lowest BCUT2D eigenvalue weighted by atomic mass is 9.91. The summed E-state index contributed by atoms with van der Waals surface area (Å²) in [5.41, 5.74) is -1.41. The quantitative estimate of drug-likeness (QED) is 0.418. The largest absolute Gasteiger partial charge is 0.492 e. The van der Waals surface area contributed by atoms with Gasteiger partial charge < -0.3 is 19.7 Å². The topological polar surface area (TPSA) is 144 Å². The van der Waals surface area contributed by atoms with Crippen LogP contribution in [0.15, 0.2) is 42.6 Å². The van der Waals surface area contributed by atoms with Crippen LogP contribution in [0.4, 0.5) is 0 Å². The Balaban J connectivity index is 1.28. The monoisotopic (exact) mass is 666 g/mol. The number of nitrogens with zero attached hydrogens (tertiary/aromatic N) is 2. The van der Waals surface area contributed by atoms with E-state index in [-0.39, 0.29) is 43.6 Å². The number of ether oxygens (including phenoxy) is 2. The zero-order valence-corrected chi connectivity index (χ0v) is 28.5. The van der Waals surface area contributed by atoms with Gasteiger partial charge in [-0.3, -0.25) is 19.1 Å². The predicted octanol–water partition coefficient (Wildman–Crippen LogP) is 4.26. The van der Waals surface area contributed by atoms with Crippen LogP contribution in [0.2, 0.25) is 0 Å². The Morgan fingerprint density at radius 3 is 2.60 bits per heavy atom. The van der Waals surface area contributed by atoms with Crippen molar-refractivity contribution in [2.45, 2.75) is 101 Å². The highest BCUT2D eigenvalue weighted by atomic mass is 32.2. The number of allylic oxidation sites excluding steroid dienone is 1. The van der Waals surface area contributed by atoms with Gasteiger partial charge in [0.25, 0.3) is 5.91 Å². The third-order valence-corrected chi connectivity index (χ3v) is 12.5. The van der Waals surface area contributed by atoms with Crippen LogP contribution in [0.25, 0.3) is 10.8 Å². The summed E-state index contributed by atoms with van der Waals surface area (Å²) in [6.07, 6.45) is 9.34. The average molecular weight is 667 g/mol. The first-order chi connectivity index (χ1) is 22.4. The van der Waals surface area contributed by atoms with E-state index in [4.69, 9.17) is 9.47 Å². The lowest BCUT2D eigenvalue weighted by molar-refractivity contribution is -0.140. The maximum absolute atomic E-state index is 14.1. The Bertz CT molecular complexity index is 1690. The smallest absolute Gasteiger partial charge is 0.259 e. The van der Waals surface area contributed by atoms with Gasteiger partial charge in [0.2, 0.25) is 27.7 Å². The number of carbonyl (C=O) groups is 3. The molecule has 3 amide bonds. The molecular weight excluding hydrogens is 620 g/mol. The van der Waals surface area contributed by atoms with Gasteiger partial charge >= 0.3 is 0 Å². The van der Waals surface area contributed by atoms with Crippen molar-refractivity contribution in [3.8, 4) is 11.6 Å². The predicted molar refractivity (Wildman–Crippen MR) is 177 cm³/mol. The molecule has 254 valence electrons. The lowest BCUT2D eigenvalue weighted by Crippen LogP contribution is -2.57. The zero-order valence-electron chi connectivity index (χ0n) is 27.7. The molecule has 3 fully saturated rings. The molecule has 6 rings (SSSR count). The molecule has 1 saturated heterocycles. The van der Waals surface area contributed by atoms with Gasteiger partial charge in [0.05, 0.1) is 24.1 Å². The SMILES string of the molecule is CCOc1cnc(O[C@@H]2C[C@H]3C(=O)N[C@]4(C(=O)NS(=O)(=O)C5(C)CC5)C[C@H]4/C=C\CC[C@@H](C)C[C@@H](C)CC(=O)N3C2)c2ccccc12. The van der Waals surface area contributed by atoms with E-state index in [9.17, 15) is 22.8 Å². The van der Waals surface area contributed by atoms with Crippen LogP contribution in [-0.4, -0.2) is 71.6 Å². The molecule has 2 aliphatic heterocycles. The second kappa shape index (κ2) is 12.7. The van der Waals surface area contributed by atoms with Crippen molar-refractivity contribution in [2.75, 3.05) is 13.2 Å². The van der Waals surface area contributed by atoms with Crippen LogP contribution >= 0.6 is 0 Å². The normalized spacial score (nSPS) is 31.4. The van der Waals surface area contributed by atoms with Gasteiger partial charge in [0.1, 0.15) is 23.4 Å². The van der Waals surface area contributed by atoms with E-state index in [1.165, 1.54) is 0 Å². The highest BCUT2D eigenvalue weighted by molar-refractivity contribution is 7.91. The van der Waals surface area contributed by atoms with Gasteiger partial charge in [0, 0.05) is 29.5 Å². The third kappa shape index (κ3) is 6.71. The van der Waals surface area contributed by atoms with E-state index in [2.05, 4.69) is 28.9 Å².